The first-order valence-corrected chi connectivity index (χ1v) is 10.5. The minimum atomic E-state index is 0.263. The van der Waals surface area contributed by atoms with Crippen LogP contribution in [0.25, 0.3) is 21.8 Å². The van der Waals surface area contributed by atoms with Crippen molar-refractivity contribution in [3.8, 4) is 21.8 Å². The number of nitrogens with zero attached hydrogens (tertiary/aromatic N) is 3. The standard InChI is InChI=1S/C19H24N4OS2/c1-12(2)24-8-5-7-20-19-21-10-16(15-6-9-25-11-15)17(23-19)18-22-13(3)14(4)26-18/h6,9-12H,5,7-8H2,1-4H3,(H,20,21,23). The Bertz CT molecular complexity index is 824. The molecule has 0 aromatic carbocycles. The van der Waals surface area contributed by atoms with Crippen LogP contribution in [0.5, 0.6) is 0 Å². The first-order chi connectivity index (χ1) is 12.5. The van der Waals surface area contributed by atoms with Crippen molar-refractivity contribution < 1.29 is 4.74 Å². The highest BCUT2D eigenvalue weighted by Gasteiger charge is 2.16. The zero-order valence-corrected chi connectivity index (χ0v) is 17.2. The summed E-state index contributed by atoms with van der Waals surface area (Å²) in [6.45, 7) is 9.73. The Morgan fingerprint density at radius 3 is 2.73 bits per heavy atom. The first kappa shape index (κ1) is 18.9. The zero-order chi connectivity index (χ0) is 18.5. The van der Waals surface area contributed by atoms with Crippen molar-refractivity contribution in [3.05, 3.63) is 33.6 Å². The molecule has 3 aromatic heterocycles. The van der Waals surface area contributed by atoms with Gasteiger partial charge in [0.05, 0.1) is 11.8 Å². The number of rotatable bonds is 8. The third-order valence-corrected chi connectivity index (χ3v) is 5.67. The van der Waals surface area contributed by atoms with Gasteiger partial charge in [0.15, 0.2) is 0 Å². The van der Waals surface area contributed by atoms with Crippen molar-refractivity contribution in [3.63, 3.8) is 0 Å². The van der Waals surface area contributed by atoms with Gasteiger partial charge >= 0.3 is 0 Å². The van der Waals surface area contributed by atoms with Crippen molar-refractivity contribution in [2.75, 3.05) is 18.5 Å². The predicted octanol–water partition coefficient (Wildman–Crippen LogP) is 5.17. The number of thiazole rings is 1. The third-order valence-electron chi connectivity index (χ3n) is 3.91. The average Bonchev–Trinajstić information content (AvgIpc) is 3.25. The van der Waals surface area contributed by atoms with E-state index >= 15 is 0 Å². The highest BCUT2D eigenvalue weighted by atomic mass is 32.1. The maximum absolute atomic E-state index is 5.57. The second-order valence-electron chi connectivity index (χ2n) is 6.33. The molecule has 0 radical (unpaired) electrons. The van der Waals surface area contributed by atoms with E-state index in [0.717, 1.165) is 47.1 Å². The molecule has 26 heavy (non-hydrogen) atoms. The number of ether oxygens (including phenoxy) is 1. The first-order valence-electron chi connectivity index (χ1n) is 8.74. The molecule has 3 rings (SSSR count). The summed E-state index contributed by atoms with van der Waals surface area (Å²) in [5.41, 5.74) is 4.10. The molecule has 0 spiro atoms. The van der Waals surface area contributed by atoms with Gasteiger partial charge in [-0.2, -0.15) is 11.3 Å². The van der Waals surface area contributed by atoms with E-state index < -0.39 is 0 Å². The number of hydrogen-bond acceptors (Lipinski definition) is 7. The molecule has 0 aliphatic carbocycles. The summed E-state index contributed by atoms with van der Waals surface area (Å²) in [5.74, 6) is 0.633. The van der Waals surface area contributed by atoms with Gasteiger partial charge in [-0.1, -0.05) is 0 Å². The Morgan fingerprint density at radius 1 is 1.23 bits per heavy atom. The second-order valence-corrected chi connectivity index (χ2v) is 8.31. The minimum Gasteiger partial charge on any atom is -0.379 e. The van der Waals surface area contributed by atoms with Crippen molar-refractivity contribution in [1.29, 1.82) is 0 Å². The van der Waals surface area contributed by atoms with Crippen LogP contribution in [0.4, 0.5) is 5.95 Å². The Labute approximate surface area is 162 Å². The van der Waals surface area contributed by atoms with E-state index in [1.807, 2.05) is 27.0 Å². The second kappa shape index (κ2) is 8.70. The maximum Gasteiger partial charge on any atom is 0.223 e. The van der Waals surface area contributed by atoms with Gasteiger partial charge in [-0.25, -0.2) is 15.0 Å². The lowest BCUT2D eigenvalue weighted by molar-refractivity contribution is 0.0787. The molecule has 3 aromatic rings. The van der Waals surface area contributed by atoms with E-state index in [-0.39, 0.29) is 6.10 Å². The summed E-state index contributed by atoms with van der Waals surface area (Å²) in [5, 5.41) is 8.42. The zero-order valence-electron chi connectivity index (χ0n) is 15.6. The number of aromatic nitrogens is 3. The normalized spacial score (nSPS) is 11.3. The summed E-state index contributed by atoms with van der Waals surface area (Å²) in [6.07, 6.45) is 3.07. The topological polar surface area (TPSA) is 59.9 Å². The molecule has 7 heteroatoms. The molecule has 5 nitrogen and oxygen atoms in total. The molecule has 1 N–H and O–H groups in total. The number of aryl methyl sites for hydroxylation is 2. The van der Waals surface area contributed by atoms with Crippen molar-refractivity contribution in [2.24, 2.45) is 0 Å². The number of anilines is 1. The summed E-state index contributed by atoms with van der Waals surface area (Å²) in [7, 11) is 0. The van der Waals surface area contributed by atoms with Gasteiger partial charge in [-0.3, -0.25) is 0 Å². The van der Waals surface area contributed by atoms with E-state index in [1.165, 1.54) is 4.88 Å². The minimum absolute atomic E-state index is 0.263. The third kappa shape index (κ3) is 4.66. The van der Waals surface area contributed by atoms with Crippen LogP contribution in [0.1, 0.15) is 30.8 Å². The Kier molecular flexibility index (Phi) is 6.34. The number of thiophene rings is 1. The van der Waals surface area contributed by atoms with Gasteiger partial charge in [-0.15, -0.1) is 11.3 Å². The van der Waals surface area contributed by atoms with Crippen LogP contribution < -0.4 is 5.32 Å². The summed E-state index contributed by atoms with van der Waals surface area (Å²) in [4.78, 5) is 15.2. The van der Waals surface area contributed by atoms with Crippen molar-refractivity contribution in [1.82, 2.24) is 15.0 Å². The lowest BCUT2D eigenvalue weighted by atomic mass is 10.1. The summed E-state index contributed by atoms with van der Waals surface area (Å²) >= 11 is 3.35. The SMILES string of the molecule is Cc1nc(-c2nc(NCCCOC(C)C)ncc2-c2ccsc2)sc1C. The molecule has 0 saturated carbocycles. The molecular formula is C19H24N4OS2. The molecule has 0 unspecified atom stereocenters. The predicted molar refractivity (Wildman–Crippen MR) is 110 cm³/mol. The van der Waals surface area contributed by atoms with Gasteiger partial charge in [0, 0.05) is 29.8 Å². The molecule has 138 valence electrons. The number of nitrogens with one attached hydrogen (secondary N) is 1. The van der Waals surface area contributed by atoms with Crippen molar-refractivity contribution >= 4 is 28.6 Å². The largest absolute Gasteiger partial charge is 0.379 e. The van der Waals surface area contributed by atoms with Gasteiger partial charge in [0.1, 0.15) is 10.7 Å². The van der Waals surface area contributed by atoms with Crippen LogP contribution in [0.2, 0.25) is 0 Å². The summed E-state index contributed by atoms with van der Waals surface area (Å²) in [6, 6.07) is 2.09. The highest BCUT2D eigenvalue weighted by molar-refractivity contribution is 7.15. The Balaban J connectivity index is 1.82. The van der Waals surface area contributed by atoms with Gasteiger partial charge in [0.25, 0.3) is 0 Å². The molecule has 0 fully saturated rings. The van der Waals surface area contributed by atoms with Crippen LogP contribution in [0.15, 0.2) is 23.0 Å². The van der Waals surface area contributed by atoms with Gasteiger partial charge in [0.2, 0.25) is 5.95 Å². The molecule has 3 heterocycles. The maximum atomic E-state index is 5.57. The molecule has 0 amide bonds. The molecular weight excluding hydrogens is 364 g/mol. The van der Waals surface area contributed by atoms with Gasteiger partial charge < -0.3 is 10.1 Å². The molecule has 0 aliphatic rings. The fraction of sp³-hybridized carbons (Fsp3) is 0.421. The number of hydrogen-bond donors (Lipinski definition) is 1. The summed E-state index contributed by atoms with van der Waals surface area (Å²) < 4.78 is 5.57. The van der Waals surface area contributed by atoms with Crippen LogP contribution in [-0.4, -0.2) is 34.2 Å². The molecule has 0 bridgehead atoms. The monoisotopic (exact) mass is 388 g/mol. The lowest BCUT2D eigenvalue weighted by Crippen LogP contribution is -2.11. The van der Waals surface area contributed by atoms with Crippen molar-refractivity contribution in [2.45, 2.75) is 40.2 Å². The van der Waals surface area contributed by atoms with E-state index in [1.54, 1.807) is 22.7 Å². The quantitative estimate of drug-likeness (QED) is 0.539. The molecule has 0 saturated heterocycles. The Hall–Kier alpha value is -1.83. The van der Waals surface area contributed by atoms with Crippen LogP contribution in [0, 0.1) is 13.8 Å². The van der Waals surface area contributed by atoms with Gasteiger partial charge in [-0.05, 0) is 56.5 Å². The Morgan fingerprint density at radius 2 is 2.08 bits per heavy atom. The van der Waals surface area contributed by atoms with Crippen LogP contribution in [-0.2, 0) is 4.74 Å². The fourth-order valence-electron chi connectivity index (χ4n) is 2.42. The van der Waals surface area contributed by atoms with E-state index in [9.17, 15) is 0 Å². The van der Waals surface area contributed by atoms with Crippen LogP contribution >= 0.6 is 22.7 Å². The molecule has 0 aliphatic heterocycles. The van der Waals surface area contributed by atoms with E-state index in [0.29, 0.717) is 5.95 Å². The van der Waals surface area contributed by atoms with E-state index in [2.05, 4.69) is 34.1 Å². The smallest absolute Gasteiger partial charge is 0.223 e. The fourth-order valence-corrected chi connectivity index (χ4v) is 4.00. The average molecular weight is 389 g/mol. The lowest BCUT2D eigenvalue weighted by Gasteiger charge is -2.10. The highest BCUT2D eigenvalue weighted by Crippen LogP contribution is 2.35. The van der Waals surface area contributed by atoms with Crippen LogP contribution in [0.3, 0.4) is 0 Å². The van der Waals surface area contributed by atoms with E-state index in [4.69, 9.17) is 14.7 Å². The molecule has 0 atom stereocenters.